The van der Waals surface area contributed by atoms with Crippen LogP contribution in [0.1, 0.15) is 57.4 Å². The molecule has 0 bridgehead atoms. The van der Waals surface area contributed by atoms with Crippen molar-refractivity contribution in [3.8, 4) is 16.2 Å². The number of hydrogen-bond acceptors (Lipinski definition) is 8. The highest BCUT2D eigenvalue weighted by Gasteiger charge is 2.29. The van der Waals surface area contributed by atoms with Crippen LogP contribution in [-0.4, -0.2) is 51.3 Å². The van der Waals surface area contributed by atoms with Crippen molar-refractivity contribution in [2.24, 2.45) is 5.73 Å². The molecule has 0 radical (unpaired) electrons. The number of nitrogens with zero attached hydrogens (tertiary/aromatic N) is 1. The van der Waals surface area contributed by atoms with E-state index in [0.717, 1.165) is 35.6 Å². The van der Waals surface area contributed by atoms with Crippen LogP contribution in [0.5, 0.6) is 5.75 Å². The zero-order chi connectivity index (χ0) is 24.9. The molecule has 0 spiro atoms. The van der Waals surface area contributed by atoms with Gasteiger partial charge in [0.15, 0.2) is 0 Å². The molecule has 9 nitrogen and oxygen atoms in total. The molecule has 2 aromatic rings. The van der Waals surface area contributed by atoms with Gasteiger partial charge in [0.1, 0.15) is 18.5 Å². The molecule has 1 aromatic heterocycles. The Morgan fingerprint density at radius 3 is 2.56 bits per heavy atom. The van der Waals surface area contributed by atoms with Crippen LogP contribution in [0, 0.1) is 0 Å². The summed E-state index contributed by atoms with van der Waals surface area (Å²) in [5.74, 6) is 0.731. The highest BCUT2D eigenvalue weighted by molar-refractivity contribution is 7.89. The summed E-state index contributed by atoms with van der Waals surface area (Å²) in [6.45, 7) is 6.49. The third-order valence-corrected chi connectivity index (χ3v) is 8.39. The first kappa shape index (κ1) is 26.4. The molecule has 188 valence electrons. The number of carbonyl (C=O) groups excluding carboxylic acids is 1. The van der Waals surface area contributed by atoms with E-state index in [2.05, 4.69) is 15.0 Å². The quantitative estimate of drug-likeness (QED) is 0.439. The minimum absolute atomic E-state index is 0.149. The smallest absolute Gasteiger partial charge is 0.404 e. The average molecular weight is 511 g/mol. The van der Waals surface area contributed by atoms with Gasteiger partial charge in [-0.25, -0.2) is 22.9 Å². The fraction of sp³-hybridized carbons (Fsp3) is 0.565. The van der Waals surface area contributed by atoms with Crippen molar-refractivity contribution in [2.75, 3.05) is 20.2 Å². The zero-order valence-corrected chi connectivity index (χ0v) is 21.7. The van der Waals surface area contributed by atoms with Crippen LogP contribution in [-0.2, 0) is 14.8 Å². The van der Waals surface area contributed by atoms with E-state index < -0.39 is 21.7 Å². The van der Waals surface area contributed by atoms with Gasteiger partial charge in [-0.15, -0.1) is 11.3 Å². The van der Waals surface area contributed by atoms with Crippen LogP contribution in [0.3, 0.4) is 0 Å². The fourth-order valence-electron chi connectivity index (χ4n) is 3.94. The number of primary amides is 1. The van der Waals surface area contributed by atoms with E-state index in [4.69, 9.17) is 15.2 Å². The van der Waals surface area contributed by atoms with Gasteiger partial charge in [0, 0.05) is 35.8 Å². The Kier molecular flexibility index (Phi) is 8.56. The van der Waals surface area contributed by atoms with Crippen LogP contribution >= 0.6 is 11.3 Å². The topological polar surface area (TPSA) is 133 Å². The van der Waals surface area contributed by atoms with Crippen LogP contribution in [0.15, 0.2) is 29.3 Å². The number of benzene rings is 1. The summed E-state index contributed by atoms with van der Waals surface area (Å²) in [5, 5.41) is 3.96. The van der Waals surface area contributed by atoms with Crippen LogP contribution in [0.4, 0.5) is 4.79 Å². The first-order valence-corrected chi connectivity index (χ1v) is 13.7. The number of likely N-dealkylation sites (N-methyl/N-ethyl adjacent to an activating group) is 1. The summed E-state index contributed by atoms with van der Waals surface area (Å²) in [6.07, 6.45) is 3.98. The van der Waals surface area contributed by atoms with E-state index in [1.165, 1.54) is 11.3 Å². The maximum absolute atomic E-state index is 13.3. The number of carbonyl (C=O) groups is 1. The minimum Gasteiger partial charge on any atom is -0.492 e. The molecule has 1 aliphatic carbocycles. The van der Waals surface area contributed by atoms with Gasteiger partial charge in [0.05, 0.1) is 14.8 Å². The van der Waals surface area contributed by atoms with Crippen molar-refractivity contribution in [2.45, 2.75) is 68.9 Å². The van der Waals surface area contributed by atoms with E-state index in [1.54, 1.807) is 45.2 Å². The molecular formula is C23H34N4O5S2. The van der Waals surface area contributed by atoms with Gasteiger partial charge >= 0.3 is 6.09 Å². The number of aromatic nitrogens is 1. The Bertz CT molecular complexity index is 1090. The molecule has 1 fully saturated rings. The summed E-state index contributed by atoms with van der Waals surface area (Å²) in [7, 11) is -1.98. The van der Waals surface area contributed by atoms with Crippen molar-refractivity contribution in [3.63, 3.8) is 0 Å². The standard InChI is InChI=1S/C23H34N4O5S2/c1-23(2,3)27-34(29,30)20-13-17(31-12-11-25-4)9-10-18(20)19-14-26-21(33-19)15-5-7-16(8-6-15)32-22(24)28/h9-10,13-16,25,27H,5-8,11-12H2,1-4H3,(H2,24,28). The Hall–Kier alpha value is -2.21. The first-order valence-electron chi connectivity index (χ1n) is 11.4. The van der Waals surface area contributed by atoms with Crippen LogP contribution in [0.25, 0.3) is 10.4 Å². The summed E-state index contributed by atoms with van der Waals surface area (Å²) < 4.78 is 40.2. The lowest BCUT2D eigenvalue weighted by Crippen LogP contribution is -2.40. The highest BCUT2D eigenvalue weighted by Crippen LogP contribution is 2.40. The van der Waals surface area contributed by atoms with Crippen LogP contribution in [0.2, 0.25) is 0 Å². The van der Waals surface area contributed by atoms with E-state index in [9.17, 15) is 13.2 Å². The fourth-order valence-corrected chi connectivity index (χ4v) is 6.79. The number of nitrogens with one attached hydrogen (secondary N) is 2. The molecule has 1 heterocycles. The largest absolute Gasteiger partial charge is 0.492 e. The zero-order valence-electron chi connectivity index (χ0n) is 20.1. The molecule has 1 amide bonds. The second-order valence-electron chi connectivity index (χ2n) is 9.44. The molecule has 1 saturated carbocycles. The van der Waals surface area contributed by atoms with Gasteiger partial charge < -0.3 is 20.5 Å². The van der Waals surface area contributed by atoms with Crippen molar-refractivity contribution < 1.29 is 22.7 Å². The Morgan fingerprint density at radius 2 is 1.94 bits per heavy atom. The highest BCUT2D eigenvalue weighted by atomic mass is 32.2. The number of rotatable bonds is 9. The number of amides is 1. The Balaban J connectivity index is 1.87. The number of hydrogen-bond donors (Lipinski definition) is 3. The lowest BCUT2D eigenvalue weighted by Gasteiger charge is -2.26. The molecule has 0 atom stereocenters. The van der Waals surface area contributed by atoms with E-state index >= 15 is 0 Å². The van der Waals surface area contributed by atoms with Gasteiger partial charge in [-0.05, 0) is 65.6 Å². The molecule has 0 unspecified atom stereocenters. The predicted molar refractivity (Wildman–Crippen MR) is 133 cm³/mol. The molecular weight excluding hydrogens is 476 g/mol. The van der Waals surface area contributed by atoms with Gasteiger partial charge in [-0.2, -0.15) is 0 Å². The Morgan fingerprint density at radius 1 is 1.24 bits per heavy atom. The van der Waals surface area contributed by atoms with Crippen molar-refractivity contribution in [1.29, 1.82) is 0 Å². The van der Waals surface area contributed by atoms with Crippen molar-refractivity contribution >= 4 is 27.5 Å². The number of thiazole rings is 1. The normalized spacial score (nSPS) is 19.1. The average Bonchev–Trinajstić information content (AvgIpc) is 3.22. The third-order valence-electron chi connectivity index (χ3n) is 5.40. The first-order chi connectivity index (χ1) is 16.0. The molecule has 0 aliphatic heterocycles. The molecule has 1 aromatic carbocycles. The summed E-state index contributed by atoms with van der Waals surface area (Å²) >= 11 is 1.50. The molecule has 11 heteroatoms. The van der Waals surface area contributed by atoms with Crippen molar-refractivity contribution in [1.82, 2.24) is 15.0 Å². The lowest BCUT2D eigenvalue weighted by molar-refractivity contribution is 0.0787. The number of ether oxygens (including phenoxy) is 2. The SMILES string of the molecule is CNCCOc1ccc(-c2cnc(C3CCC(OC(N)=O)CC3)s2)c(S(=O)(=O)NC(C)(C)C)c1. The molecule has 34 heavy (non-hydrogen) atoms. The van der Waals surface area contributed by atoms with Gasteiger partial charge in [-0.3, -0.25) is 0 Å². The van der Waals surface area contributed by atoms with Crippen molar-refractivity contribution in [3.05, 3.63) is 29.4 Å². The summed E-state index contributed by atoms with van der Waals surface area (Å²) in [4.78, 5) is 16.6. The molecule has 1 aliphatic rings. The predicted octanol–water partition coefficient (Wildman–Crippen LogP) is 3.61. The minimum atomic E-state index is -3.81. The maximum Gasteiger partial charge on any atom is 0.404 e. The monoisotopic (exact) mass is 510 g/mol. The van der Waals surface area contributed by atoms with E-state index in [-0.39, 0.29) is 16.9 Å². The van der Waals surface area contributed by atoms with E-state index in [1.807, 2.05) is 7.05 Å². The summed E-state index contributed by atoms with van der Waals surface area (Å²) in [5.41, 5.74) is 5.09. The number of sulfonamides is 1. The molecule has 3 rings (SSSR count). The summed E-state index contributed by atoms with van der Waals surface area (Å²) in [6, 6.07) is 5.14. The third kappa shape index (κ3) is 7.14. The molecule has 0 saturated heterocycles. The molecule has 4 N–H and O–H groups in total. The Labute approximate surface area is 205 Å². The van der Waals surface area contributed by atoms with Crippen LogP contribution < -0.4 is 20.5 Å². The second kappa shape index (κ2) is 11.0. The lowest BCUT2D eigenvalue weighted by atomic mass is 9.88. The second-order valence-corrected chi connectivity index (χ2v) is 12.2. The van der Waals surface area contributed by atoms with Gasteiger partial charge in [0.2, 0.25) is 10.0 Å². The van der Waals surface area contributed by atoms with E-state index in [0.29, 0.717) is 24.5 Å². The number of nitrogens with two attached hydrogens (primary N) is 1. The van der Waals surface area contributed by atoms with Gasteiger partial charge in [-0.1, -0.05) is 0 Å². The van der Waals surface area contributed by atoms with Gasteiger partial charge in [0.25, 0.3) is 0 Å². The maximum atomic E-state index is 13.3.